The van der Waals surface area contributed by atoms with Crippen molar-refractivity contribution in [1.82, 2.24) is 20.5 Å². The first-order valence-corrected chi connectivity index (χ1v) is 9.61. The second-order valence-electron chi connectivity index (χ2n) is 6.68. The zero-order chi connectivity index (χ0) is 16.2. The molecule has 1 saturated carbocycles. The molecule has 3 rings (SSSR count). The number of halogens is 1. The van der Waals surface area contributed by atoms with Gasteiger partial charge in [0.1, 0.15) is 0 Å². The molecule has 0 atom stereocenters. The van der Waals surface area contributed by atoms with Crippen LogP contribution in [0.15, 0.2) is 4.99 Å². The second kappa shape index (κ2) is 9.33. The number of thiazole rings is 1. The van der Waals surface area contributed by atoms with Crippen LogP contribution in [-0.2, 0) is 6.42 Å². The number of piperidine rings is 1. The number of hydrogen-bond donors (Lipinski definition) is 2. The van der Waals surface area contributed by atoms with E-state index >= 15 is 0 Å². The minimum atomic E-state index is 0. The number of nitrogens with zero attached hydrogens (tertiary/aromatic N) is 3. The molecule has 0 radical (unpaired) electrons. The van der Waals surface area contributed by atoms with Gasteiger partial charge in [0, 0.05) is 50.1 Å². The molecule has 1 aliphatic heterocycles. The van der Waals surface area contributed by atoms with Crippen LogP contribution in [0.1, 0.15) is 41.3 Å². The number of rotatable bonds is 5. The average molecular weight is 463 g/mol. The largest absolute Gasteiger partial charge is 0.356 e. The van der Waals surface area contributed by atoms with Gasteiger partial charge in [0.05, 0.1) is 10.7 Å². The molecule has 24 heavy (non-hydrogen) atoms. The van der Waals surface area contributed by atoms with Gasteiger partial charge in [-0.15, -0.1) is 35.3 Å². The van der Waals surface area contributed by atoms with E-state index in [1.165, 1.54) is 49.3 Å². The number of hydrogen-bond acceptors (Lipinski definition) is 4. The fraction of sp³-hybridized carbons (Fsp3) is 0.765. The van der Waals surface area contributed by atoms with Crippen LogP contribution in [0.4, 0.5) is 0 Å². The Kier molecular flexibility index (Phi) is 7.74. The first-order chi connectivity index (χ1) is 11.2. The van der Waals surface area contributed by atoms with Gasteiger partial charge < -0.3 is 15.5 Å². The number of aromatic nitrogens is 1. The van der Waals surface area contributed by atoms with Gasteiger partial charge in [-0.2, -0.15) is 0 Å². The summed E-state index contributed by atoms with van der Waals surface area (Å²) in [6, 6.07) is 1.46. The molecule has 5 nitrogen and oxygen atoms in total. The van der Waals surface area contributed by atoms with Crippen molar-refractivity contribution < 1.29 is 0 Å². The highest BCUT2D eigenvalue weighted by atomic mass is 127. The Labute approximate surface area is 166 Å². The second-order valence-corrected chi connectivity index (χ2v) is 7.96. The molecule has 1 saturated heterocycles. The van der Waals surface area contributed by atoms with Crippen molar-refractivity contribution in [3.8, 4) is 0 Å². The Morgan fingerprint density at radius 3 is 2.50 bits per heavy atom. The topological polar surface area (TPSA) is 52.6 Å². The van der Waals surface area contributed by atoms with Crippen molar-refractivity contribution in [1.29, 1.82) is 0 Å². The third-order valence-corrected chi connectivity index (χ3v) is 5.93. The van der Waals surface area contributed by atoms with E-state index in [0.29, 0.717) is 6.04 Å². The molecule has 0 unspecified atom stereocenters. The Morgan fingerprint density at radius 1 is 1.25 bits per heavy atom. The summed E-state index contributed by atoms with van der Waals surface area (Å²) in [7, 11) is 1.86. The third kappa shape index (κ3) is 5.56. The van der Waals surface area contributed by atoms with E-state index in [9.17, 15) is 0 Å². The first-order valence-electron chi connectivity index (χ1n) is 8.80. The van der Waals surface area contributed by atoms with Gasteiger partial charge in [0.2, 0.25) is 0 Å². The molecule has 1 aliphatic carbocycles. The lowest BCUT2D eigenvalue weighted by Crippen LogP contribution is -2.49. The van der Waals surface area contributed by atoms with Crippen molar-refractivity contribution in [2.45, 2.75) is 58.0 Å². The number of likely N-dealkylation sites (tertiary alicyclic amines) is 1. The highest BCUT2D eigenvalue weighted by Gasteiger charge is 2.31. The van der Waals surface area contributed by atoms with Crippen LogP contribution in [0.2, 0.25) is 0 Å². The van der Waals surface area contributed by atoms with E-state index in [1.807, 2.05) is 7.05 Å². The van der Waals surface area contributed by atoms with E-state index in [1.54, 1.807) is 11.3 Å². The maximum absolute atomic E-state index is 4.49. The maximum atomic E-state index is 4.49. The van der Waals surface area contributed by atoms with Crippen molar-refractivity contribution in [3.63, 3.8) is 0 Å². The van der Waals surface area contributed by atoms with Crippen LogP contribution in [0.3, 0.4) is 0 Å². The van der Waals surface area contributed by atoms with Gasteiger partial charge in [-0.1, -0.05) is 0 Å². The van der Waals surface area contributed by atoms with Crippen LogP contribution in [0.5, 0.6) is 0 Å². The predicted octanol–water partition coefficient (Wildman–Crippen LogP) is 2.71. The van der Waals surface area contributed by atoms with E-state index in [2.05, 4.69) is 39.4 Å². The molecule has 0 spiro atoms. The van der Waals surface area contributed by atoms with E-state index < -0.39 is 0 Å². The smallest absolute Gasteiger partial charge is 0.191 e. The summed E-state index contributed by atoms with van der Waals surface area (Å²) in [5.74, 6) is 0.939. The Morgan fingerprint density at radius 2 is 1.96 bits per heavy atom. The van der Waals surface area contributed by atoms with E-state index in [-0.39, 0.29) is 24.0 Å². The number of guanidine groups is 1. The van der Waals surface area contributed by atoms with Crippen molar-refractivity contribution >= 4 is 41.3 Å². The van der Waals surface area contributed by atoms with Crippen LogP contribution in [0.25, 0.3) is 0 Å². The summed E-state index contributed by atoms with van der Waals surface area (Å²) in [4.78, 5) is 12.9. The molecule has 2 aliphatic rings. The fourth-order valence-corrected chi connectivity index (χ4v) is 4.27. The summed E-state index contributed by atoms with van der Waals surface area (Å²) in [6.45, 7) is 7.54. The monoisotopic (exact) mass is 463 g/mol. The van der Waals surface area contributed by atoms with Gasteiger partial charge in [0.15, 0.2) is 5.96 Å². The fourth-order valence-electron chi connectivity index (χ4n) is 3.34. The van der Waals surface area contributed by atoms with E-state index in [0.717, 1.165) is 30.0 Å². The van der Waals surface area contributed by atoms with Gasteiger partial charge in [-0.05, 0) is 39.5 Å². The molecule has 136 valence electrons. The molecule has 7 heteroatoms. The van der Waals surface area contributed by atoms with Crippen LogP contribution in [-0.4, -0.2) is 54.6 Å². The summed E-state index contributed by atoms with van der Waals surface area (Å²) in [6.07, 6.45) is 6.29. The quantitative estimate of drug-likeness (QED) is 0.401. The van der Waals surface area contributed by atoms with Gasteiger partial charge >= 0.3 is 0 Å². The minimum absolute atomic E-state index is 0. The number of aliphatic imine (C=N–C) groups is 1. The minimum Gasteiger partial charge on any atom is -0.356 e. The molecule has 0 bridgehead atoms. The first kappa shape index (κ1) is 19.9. The lowest BCUT2D eigenvalue weighted by atomic mass is 10.1. The summed E-state index contributed by atoms with van der Waals surface area (Å²) in [5.41, 5.74) is 1.17. The zero-order valence-corrected chi connectivity index (χ0v) is 18.1. The van der Waals surface area contributed by atoms with Gasteiger partial charge in [-0.3, -0.25) is 4.99 Å². The Bertz CT molecular complexity index is 547. The Balaban J connectivity index is 0.00000208. The third-order valence-electron chi connectivity index (χ3n) is 4.80. The average Bonchev–Trinajstić information content (AvgIpc) is 3.33. The molecular weight excluding hydrogens is 433 g/mol. The highest BCUT2D eigenvalue weighted by Crippen LogP contribution is 2.29. The normalized spacial score (nSPS) is 19.9. The van der Waals surface area contributed by atoms with Crippen LogP contribution < -0.4 is 10.6 Å². The molecule has 2 heterocycles. The predicted molar refractivity (Wildman–Crippen MR) is 113 cm³/mol. The van der Waals surface area contributed by atoms with Crippen molar-refractivity contribution in [2.24, 2.45) is 4.99 Å². The molecule has 0 aromatic carbocycles. The molecule has 2 fully saturated rings. The molecule has 1 aromatic rings. The molecule has 2 N–H and O–H groups in total. The molecule has 0 amide bonds. The lowest BCUT2D eigenvalue weighted by Gasteiger charge is -2.33. The van der Waals surface area contributed by atoms with Crippen LogP contribution in [0, 0.1) is 13.8 Å². The highest BCUT2D eigenvalue weighted by molar-refractivity contribution is 14.0. The van der Waals surface area contributed by atoms with Crippen molar-refractivity contribution in [2.75, 3.05) is 26.7 Å². The SMILES string of the molecule is CN=C(NCCc1sc(C)nc1C)NC1CCN(C2CC2)CC1.I. The summed E-state index contributed by atoms with van der Waals surface area (Å²) >= 11 is 1.80. The molecular formula is C17H30IN5S. The number of aryl methyl sites for hydroxylation is 2. The Hall–Kier alpha value is -0.410. The molecule has 1 aromatic heterocycles. The lowest BCUT2D eigenvalue weighted by molar-refractivity contribution is 0.197. The van der Waals surface area contributed by atoms with E-state index in [4.69, 9.17) is 0 Å². The standard InChI is InChI=1S/C17H29N5S.HI/c1-12-16(23-13(2)20-12)6-9-19-17(18-3)21-14-7-10-22(11-8-14)15-4-5-15;/h14-15H,4-11H2,1-3H3,(H2,18,19,21);1H. The van der Waals surface area contributed by atoms with Gasteiger partial charge in [0.25, 0.3) is 0 Å². The van der Waals surface area contributed by atoms with Crippen molar-refractivity contribution in [3.05, 3.63) is 15.6 Å². The van der Waals surface area contributed by atoms with Crippen LogP contribution >= 0.6 is 35.3 Å². The zero-order valence-electron chi connectivity index (χ0n) is 15.0. The van der Waals surface area contributed by atoms with Gasteiger partial charge in [-0.25, -0.2) is 4.98 Å². The number of nitrogens with one attached hydrogen (secondary N) is 2. The summed E-state index contributed by atoms with van der Waals surface area (Å²) in [5, 5.41) is 8.20. The summed E-state index contributed by atoms with van der Waals surface area (Å²) < 4.78 is 0. The maximum Gasteiger partial charge on any atom is 0.191 e.